The van der Waals surface area contributed by atoms with E-state index in [0.717, 1.165) is 0 Å². The van der Waals surface area contributed by atoms with Crippen LogP contribution in [-0.2, 0) is 16.8 Å². The van der Waals surface area contributed by atoms with Crippen molar-refractivity contribution in [1.82, 2.24) is 4.98 Å². The number of nitrogens with zero attached hydrogens (tertiary/aromatic N) is 1. The minimum atomic E-state index is 0. The summed E-state index contributed by atoms with van der Waals surface area (Å²) >= 11 is 0. The number of hydrogen-bond acceptors (Lipinski definition) is 1. The molecule has 0 unspecified atom stereocenters. The summed E-state index contributed by atoms with van der Waals surface area (Å²) in [4.78, 5) is 3.78. The van der Waals surface area contributed by atoms with Crippen LogP contribution in [0, 0.1) is 0 Å². The summed E-state index contributed by atoms with van der Waals surface area (Å²) in [5.74, 6) is 0. The second kappa shape index (κ2) is 7.54. The number of pyridine rings is 1. The van der Waals surface area contributed by atoms with Crippen LogP contribution in [0.3, 0.4) is 0 Å². The van der Waals surface area contributed by atoms with E-state index in [2.05, 4.69) is 15.0 Å². The molecule has 1 aromatic rings. The Balaban J connectivity index is 0.000000187. The fourth-order valence-corrected chi connectivity index (χ4v) is 0.313. The SMILES string of the molecule is [CH2]=[Ir]=[CH2].c1ccncc1. The van der Waals surface area contributed by atoms with E-state index < -0.39 is 0 Å². The molecule has 0 aromatic carbocycles. The standard InChI is InChI=1S/C5H5N.2CH2.Ir/c1-2-4-6-5-3-1;;;/h1-5H;2*1H2;. The zero-order chi connectivity index (χ0) is 6.95. The average molecular weight is 299 g/mol. The molecule has 0 aliphatic carbocycles. The second-order valence-electron chi connectivity index (χ2n) is 1.19. The maximum Gasteiger partial charge on any atom is 0.0267 e. The fraction of sp³-hybridized carbons (Fsp3) is 0. The summed E-state index contributed by atoms with van der Waals surface area (Å²) < 4.78 is 0. The first-order valence-corrected chi connectivity index (χ1v) is 5.71. The Bertz CT molecular complexity index is 139. The predicted molar refractivity (Wildman–Crippen MR) is 38.5 cm³/mol. The van der Waals surface area contributed by atoms with Crippen LogP contribution in [0.2, 0.25) is 0 Å². The van der Waals surface area contributed by atoms with Gasteiger partial charge in [-0.3, -0.25) is 4.98 Å². The van der Waals surface area contributed by atoms with Crippen molar-refractivity contribution in [2.24, 2.45) is 0 Å². The molecule has 0 aliphatic heterocycles. The summed E-state index contributed by atoms with van der Waals surface area (Å²) in [5, 5.41) is 7.00. The first-order valence-electron chi connectivity index (χ1n) is 2.32. The van der Waals surface area contributed by atoms with Crippen LogP contribution in [0.25, 0.3) is 0 Å². The first kappa shape index (κ1) is 8.54. The van der Waals surface area contributed by atoms with Gasteiger partial charge < -0.3 is 0 Å². The molecule has 2 heteroatoms. The Labute approximate surface area is 62.8 Å². The van der Waals surface area contributed by atoms with Gasteiger partial charge in [-0.1, -0.05) is 6.07 Å². The van der Waals surface area contributed by atoms with Crippen molar-refractivity contribution in [3.05, 3.63) is 30.6 Å². The molecule has 0 radical (unpaired) electrons. The van der Waals surface area contributed by atoms with Crippen LogP contribution in [0.5, 0.6) is 0 Å². The minimum absolute atomic E-state index is 0. The maximum atomic E-state index is 3.78. The second-order valence-corrected chi connectivity index (χ2v) is 2.39. The van der Waals surface area contributed by atoms with E-state index in [1.165, 1.54) is 0 Å². The molecule has 0 saturated carbocycles. The van der Waals surface area contributed by atoms with Crippen molar-refractivity contribution >= 4 is 10.1 Å². The third-order valence-corrected chi connectivity index (χ3v) is 0.566. The molecule has 1 nitrogen and oxygen atoms in total. The van der Waals surface area contributed by atoms with Gasteiger partial charge >= 0.3 is 26.8 Å². The molecule has 0 N–H and O–H groups in total. The third kappa shape index (κ3) is 7.54. The molecule has 1 heterocycles. The van der Waals surface area contributed by atoms with Crippen LogP contribution in [-0.4, -0.2) is 15.0 Å². The number of aromatic nitrogens is 1. The molecule has 0 bridgehead atoms. The smallest absolute Gasteiger partial charge is 0.0267 e. The zero-order valence-electron chi connectivity index (χ0n) is 5.08. The van der Waals surface area contributed by atoms with Gasteiger partial charge in [-0.25, -0.2) is 0 Å². The van der Waals surface area contributed by atoms with Crippen LogP contribution in [0.4, 0.5) is 0 Å². The molecule has 9 heavy (non-hydrogen) atoms. The first-order chi connectivity index (χ1) is 4.41. The monoisotopic (exact) mass is 300 g/mol. The largest absolute Gasteiger partial charge is 0.265 e. The van der Waals surface area contributed by atoms with Gasteiger partial charge in [-0.2, -0.15) is 0 Å². The Kier molecular flexibility index (Phi) is 7.15. The summed E-state index contributed by atoms with van der Waals surface area (Å²) in [6.07, 6.45) is 3.50. The fourth-order valence-electron chi connectivity index (χ4n) is 0.313. The molecule has 51 valence electrons. The Hall–Kier alpha value is -0.461. The van der Waals surface area contributed by atoms with E-state index in [-0.39, 0.29) is 16.8 Å². The van der Waals surface area contributed by atoms with E-state index in [0.29, 0.717) is 0 Å². The molecule has 0 atom stereocenters. The van der Waals surface area contributed by atoms with Crippen LogP contribution in [0.15, 0.2) is 30.6 Å². The molecule has 0 saturated heterocycles. The Morgan fingerprint density at radius 1 is 1.00 bits per heavy atom. The third-order valence-electron chi connectivity index (χ3n) is 0.566. The quantitative estimate of drug-likeness (QED) is 0.697. The van der Waals surface area contributed by atoms with Gasteiger partial charge in [0.2, 0.25) is 0 Å². The van der Waals surface area contributed by atoms with Crippen molar-refractivity contribution in [3.63, 3.8) is 0 Å². The summed E-state index contributed by atoms with van der Waals surface area (Å²) in [6, 6.07) is 5.72. The molecule has 0 spiro atoms. The van der Waals surface area contributed by atoms with Gasteiger partial charge in [0.15, 0.2) is 0 Å². The predicted octanol–water partition coefficient (Wildman–Crippen LogP) is 1.01. The van der Waals surface area contributed by atoms with Crippen molar-refractivity contribution < 1.29 is 16.8 Å². The van der Waals surface area contributed by atoms with E-state index in [1.807, 2.05) is 18.2 Å². The van der Waals surface area contributed by atoms with Crippen molar-refractivity contribution in [2.45, 2.75) is 0 Å². The number of hydrogen-bond donors (Lipinski definition) is 0. The molecule has 0 amide bonds. The zero-order valence-corrected chi connectivity index (χ0v) is 7.48. The van der Waals surface area contributed by atoms with E-state index in [1.54, 1.807) is 12.4 Å². The maximum absolute atomic E-state index is 3.78. The molecular weight excluding hydrogens is 290 g/mol. The molecule has 1 rings (SSSR count). The normalized spacial score (nSPS) is 7.11. The van der Waals surface area contributed by atoms with Gasteiger partial charge in [0.05, 0.1) is 0 Å². The summed E-state index contributed by atoms with van der Waals surface area (Å²) in [7, 11) is 0. The van der Waals surface area contributed by atoms with Crippen LogP contribution < -0.4 is 0 Å². The summed E-state index contributed by atoms with van der Waals surface area (Å²) in [6.45, 7) is 0. The average Bonchev–Trinajstić information content (AvgIpc) is 1.93. The van der Waals surface area contributed by atoms with Crippen LogP contribution >= 0.6 is 0 Å². The van der Waals surface area contributed by atoms with Crippen molar-refractivity contribution in [1.29, 1.82) is 0 Å². The van der Waals surface area contributed by atoms with Crippen molar-refractivity contribution in [3.8, 4) is 0 Å². The topological polar surface area (TPSA) is 12.9 Å². The Morgan fingerprint density at radius 2 is 1.44 bits per heavy atom. The van der Waals surface area contributed by atoms with Crippen LogP contribution in [0.1, 0.15) is 0 Å². The molecule has 1 aromatic heterocycles. The van der Waals surface area contributed by atoms with Gasteiger partial charge in [-0.15, -0.1) is 0 Å². The molecule has 0 aliphatic rings. The van der Waals surface area contributed by atoms with E-state index in [9.17, 15) is 0 Å². The number of rotatable bonds is 0. The van der Waals surface area contributed by atoms with Gasteiger partial charge in [0, 0.05) is 12.4 Å². The van der Waals surface area contributed by atoms with Crippen molar-refractivity contribution in [2.75, 3.05) is 0 Å². The summed E-state index contributed by atoms with van der Waals surface area (Å²) in [5.41, 5.74) is 0. The van der Waals surface area contributed by atoms with Gasteiger partial charge in [0.1, 0.15) is 0 Å². The Morgan fingerprint density at radius 3 is 1.56 bits per heavy atom. The molecular formula is C7H9IrN. The molecule has 0 fully saturated rings. The van der Waals surface area contributed by atoms with E-state index in [4.69, 9.17) is 0 Å². The van der Waals surface area contributed by atoms with E-state index >= 15 is 0 Å². The minimum Gasteiger partial charge on any atom is -0.265 e. The van der Waals surface area contributed by atoms with Gasteiger partial charge in [0.25, 0.3) is 0 Å². The van der Waals surface area contributed by atoms with Gasteiger partial charge in [-0.05, 0) is 12.1 Å².